The SMILES string of the molecule is Cc1cc(/C=N/NC(=O)Cc2ccc(F)cc2)c(C)n1-c1ccc2ncccc2c1. The number of nitrogens with one attached hydrogen (secondary N) is 1. The quantitative estimate of drug-likeness (QED) is 0.397. The maximum absolute atomic E-state index is 13.0. The summed E-state index contributed by atoms with van der Waals surface area (Å²) in [4.78, 5) is 16.4. The summed E-state index contributed by atoms with van der Waals surface area (Å²) in [6.45, 7) is 4.05. The van der Waals surface area contributed by atoms with Gasteiger partial charge in [-0.1, -0.05) is 18.2 Å². The number of carbonyl (C=O) groups excluding carboxylic acids is 1. The summed E-state index contributed by atoms with van der Waals surface area (Å²) in [5.74, 6) is -0.580. The Hall–Kier alpha value is -3.80. The Kier molecular flexibility index (Phi) is 5.39. The van der Waals surface area contributed by atoms with Crippen LogP contribution in [0.2, 0.25) is 0 Å². The third-order valence-corrected chi connectivity index (χ3v) is 4.99. The Labute approximate surface area is 173 Å². The van der Waals surface area contributed by atoms with Crippen molar-refractivity contribution in [1.82, 2.24) is 15.0 Å². The molecule has 0 aliphatic rings. The molecule has 4 rings (SSSR count). The molecule has 0 aliphatic heterocycles. The van der Waals surface area contributed by atoms with Gasteiger partial charge in [-0.2, -0.15) is 5.10 Å². The van der Waals surface area contributed by atoms with Crippen LogP contribution in [0.4, 0.5) is 4.39 Å². The molecule has 1 N–H and O–H groups in total. The number of fused-ring (bicyclic) bond motifs is 1. The minimum atomic E-state index is -0.324. The lowest BCUT2D eigenvalue weighted by Crippen LogP contribution is -2.19. The van der Waals surface area contributed by atoms with E-state index in [1.807, 2.05) is 44.2 Å². The second kappa shape index (κ2) is 8.29. The highest BCUT2D eigenvalue weighted by atomic mass is 19.1. The van der Waals surface area contributed by atoms with Gasteiger partial charge < -0.3 is 4.57 Å². The van der Waals surface area contributed by atoms with E-state index >= 15 is 0 Å². The van der Waals surface area contributed by atoms with Gasteiger partial charge in [-0.25, -0.2) is 9.82 Å². The first-order valence-electron chi connectivity index (χ1n) is 9.62. The zero-order valence-corrected chi connectivity index (χ0v) is 16.8. The summed E-state index contributed by atoms with van der Waals surface area (Å²) in [7, 11) is 0. The molecular formula is C24H21FN4O. The maximum Gasteiger partial charge on any atom is 0.244 e. The lowest BCUT2D eigenvalue weighted by Gasteiger charge is -2.10. The molecule has 4 aromatic rings. The van der Waals surface area contributed by atoms with Gasteiger partial charge in [0.1, 0.15) is 5.82 Å². The summed E-state index contributed by atoms with van der Waals surface area (Å²) in [5, 5.41) is 5.17. The second-order valence-corrected chi connectivity index (χ2v) is 7.14. The van der Waals surface area contributed by atoms with Crippen LogP contribution in [0.3, 0.4) is 0 Å². The maximum atomic E-state index is 13.0. The van der Waals surface area contributed by atoms with Crippen LogP contribution >= 0.6 is 0 Å². The Morgan fingerprint density at radius 1 is 1.13 bits per heavy atom. The molecule has 5 nitrogen and oxygen atoms in total. The van der Waals surface area contributed by atoms with Crippen molar-refractivity contribution in [3.05, 3.63) is 95.2 Å². The number of aryl methyl sites for hydroxylation is 1. The molecule has 30 heavy (non-hydrogen) atoms. The van der Waals surface area contributed by atoms with Crippen molar-refractivity contribution >= 4 is 23.0 Å². The molecule has 1 amide bonds. The molecule has 0 saturated carbocycles. The Morgan fingerprint density at radius 3 is 2.73 bits per heavy atom. The third kappa shape index (κ3) is 4.12. The normalized spacial score (nSPS) is 11.3. The third-order valence-electron chi connectivity index (χ3n) is 4.99. The molecule has 0 atom stereocenters. The lowest BCUT2D eigenvalue weighted by molar-refractivity contribution is -0.120. The summed E-state index contributed by atoms with van der Waals surface area (Å²) >= 11 is 0. The molecule has 150 valence electrons. The minimum absolute atomic E-state index is 0.141. The first-order valence-corrected chi connectivity index (χ1v) is 9.62. The fraction of sp³-hybridized carbons (Fsp3) is 0.125. The first kappa shape index (κ1) is 19.5. The highest BCUT2D eigenvalue weighted by Gasteiger charge is 2.10. The highest BCUT2D eigenvalue weighted by Crippen LogP contribution is 2.22. The molecule has 2 aromatic carbocycles. The van der Waals surface area contributed by atoms with Crippen molar-refractivity contribution in [3.63, 3.8) is 0 Å². The van der Waals surface area contributed by atoms with Crippen LogP contribution in [0.25, 0.3) is 16.6 Å². The van der Waals surface area contributed by atoms with Crippen LogP contribution in [0.15, 0.2) is 72.0 Å². The van der Waals surface area contributed by atoms with Crippen LogP contribution in [-0.4, -0.2) is 21.7 Å². The standard InChI is InChI=1S/C24H21FN4O/c1-16-12-20(15-27-28-24(30)13-18-5-7-21(25)8-6-18)17(2)29(16)22-9-10-23-19(14-22)4-3-11-26-23/h3-12,14-15H,13H2,1-2H3,(H,28,30)/b27-15+. The largest absolute Gasteiger partial charge is 0.318 e. The summed E-state index contributed by atoms with van der Waals surface area (Å²) in [5.41, 5.74) is 8.27. The number of amides is 1. The molecule has 0 spiro atoms. The Bertz CT molecular complexity index is 1240. The zero-order valence-electron chi connectivity index (χ0n) is 16.8. The molecule has 6 heteroatoms. The van der Waals surface area contributed by atoms with Gasteiger partial charge in [-0.05, 0) is 61.9 Å². The molecule has 0 saturated heterocycles. The van der Waals surface area contributed by atoms with E-state index in [2.05, 4.69) is 26.1 Å². The fourth-order valence-corrected chi connectivity index (χ4v) is 3.52. The average molecular weight is 400 g/mol. The predicted octanol–water partition coefficient (Wildman–Crippen LogP) is 4.47. The smallest absolute Gasteiger partial charge is 0.244 e. The average Bonchev–Trinajstić information content (AvgIpc) is 3.02. The monoisotopic (exact) mass is 400 g/mol. The molecule has 2 aromatic heterocycles. The lowest BCUT2D eigenvalue weighted by atomic mass is 10.1. The molecule has 0 unspecified atom stereocenters. The van der Waals surface area contributed by atoms with Crippen LogP contribution in [0.1, 0.15) is 22.5 Å². The number of benzene rings is 2. The van der Waals surface area contributed by atoms with E-state index in [0.717, 1.165) is 39.1 Å². The van der Waals surface area contributed by atoms with Gasteiger partial charge in [-0.15, -0.1) is 0 Å². The Balaban J connectivity index is 1.50. The van der Waals surface area contributed by atoms with Gasteiger partial charge >= 0.3 is 0 Å². The van der Waals surface area contributed by atoms with E-state index in [-0.39, 0.29) is 18.1 Å². The van der Waals surface area contributed by atoms with Gasteiger partial charge in [0, 0.05) is 34.2 Å². The first-order chi connectivity index (χ1) is 14.5. The van der Waals surface area contributed by atoms with Gasteiger partial charge in [0.15, 0.2) is 0 Å². The molecule has 0 aliphatic carbocycles. The van der Waals surface area contributed by atoms with Crippen molar-refractivity contribution in [2.45, 2.75) is 20.3 Å². The second-order valence-electron chi connectivity index (χ2n) is 7.14. The number of pyridine rings is 1. The number of hydrazone groups is 1. The van der Waals surface area contributed by atoms with Crippen LogP contribution in [-0.2, 0) is 11.2 Å². The number of hydrogen-bond donors (Lipinski definition) is 1. The van der Waals surface area contributed by atoms with Crippen LogP contribution < -0.4 is 5.43 Å². The predicted molar refractivity (Wildman–Crippen MR) is 116 cm³/mol. The number of halogens is 1. The van der Waals surface area contributed by atoms with Crippen molar-refractivity contribution in [1.29, 1.82) is 0 Å². The topological polar surface area (TPSA) is 59.3 Å². The van der Waals surface area contributed by atoms with Crippen molar-refractivity contribution in [2.24, 2.45) is 5.10 Å². The number of aromatic nitrogens is 2. The number of hydrogen-bond acceptors (Lipinski definition) is 3. The molecular weight excluding hydrogens is 379 g/mol. The molecule has 2 heterocycles. The van der Waals surface area contributed by atoms with E-state index in [0.29, 0.717) is 0 Å². The van der Waals surface area contributed by atoms with Crippen molar-refractivity contribution < 1.29 is 9.18 Å². The zero-order chi connectivity index (χ0) is 21.1. The van der Waals surface area contributed by atoms with E-state index < -0.39 is 0 Å². The van der Waals surface area contributed by atoms with E-state index in [1.54, 1.807) is 24.5 Å². The summed E-state index contributed by atoms with van der Waals surface area (Å²) < 4.78 is 15.1. The number of carbonyl (C=O) groups is 1. The number of rotatable bonds is 5. The van der Waals surface area contributed by atoms with E-state index in [1.165, 1.54) is 12.1 Å². The van der Waals surface area contributed by atoms with Gasteiger partial charge in [0.25, 0.3) is 0 Å². The molecule has 0 bridgehead atoms. The minimum Gasteiger partial charge on any atom is -0.318 e. The van der Waals surface area contributed by atoms with Crippen LogP contribution in [0.5, 0.6) is 0 Å². The fourth-order valence-electron chi connectivity index (χ4n) is 3.52. The Morgan fingerprint density at radius 2 is 1.93 bits per heavy atom. The van der Waals surface area contributed by atoms with Crippen LogP contribution in [0, 0.1) is 19.7 Å². The van der Waals surface area contributed by atoms with Gasteiger partial charge in [0.2, 0.25) is 5.91 Å². The van der Waals surface area contributed by atoms with Crippen molar-refractivity contribution in [2.75, 3.05) is 0 Å². The van der Waals surface area contributed by atoms with E-state index in [4.69, 9.17) is 0 Å². The molecule has 0 fully saturated rings. The highest BCUT2D eigenvalue weighted by molar-refractivity contribution is 5.85. The van der Waals surface area contributed by atoms with Crippen molar-refractivity contribution in [3.8, 4) is 5.69 Å². The van der Waals surface area contributed by atoms with E-state index in [9.17, 15) is 9.18 Å². The number of nitrogens with zero attached hydrogens (tertiary/aromatic N) is 3. The molecule has 0 radical (unpaired) electrons. The summed E-state index contributed by atoms with van der Waals surface area (Å²) in [6, 6.07) is 18.0. The van der Waals surface area contributed by atoms with Gasteiger partial charge in [0.05, 0.1) is 18.2 Å². The van der Waals surface area contributed by atoms with Gasteiger partial charge in [-0.3, -0.25) is 9.78 Å². The summed E-state index contributed by atoms with van der Waals surface area (Å²) in [6.07, 6.45) is 3.57.